The summed E-state index contributed by atoms with van der Waals surface area (Å²) in [4.78, 5) is 7.44. The van der Waals surface area contributed by atoms with Crippen molar-refractivity contribution in [3.63, 3.8) is 0 Å². The van der Waals surface area contributed by atoms with Gasteiger partial charge in [-0.05, 0) is 5.92 Å². The van der Waals surface area contributed by atoms with Crippen LogP contribution in [0.3, 0.4) is 0 Å². The van der Waals surface area contributed by atoms with Crippen LogP contribution < -0.4 is 0 Å². The Labute approximate surface area is 78.9 Å². The highest BCUT2D eigenvalue weighted by Crippen LogP contribution is 2.27. The van der Waals surface area contributed by atoms with E-state index in [1.807, 2.05) is 0 Å². The minimum Gasteiger partial charge on any atom is -0.276 e. The van der Waals surface area contributed by atoms with Crippen molar-refractivity contribution in [3.05, 3.63) is 0 Å². The van der Waals surface area contributed by atoms with E-state index in [9.17, 15) is 0 Å². The van der Waals surface area contributed by atoms with Gasteiger partial charge in [-0.15, -0.1) is 6.42 Å². The second-order valence-electron chi connectivity index (χ2n) is 4.56. The van der Waals surface area contributed by atoms with E-state index < -0.39 is 0 Å². The lowest BCUT2D eigenvalue weighted by Crippen LogP contribution is -2.79. The van der Waals surface area contributed by atoms with Crippen LogP contribution in [0.4, 0.5) is 0 Å². The van der Waals surface area contributed by atoms with E-state index in [0.717, 1.165) is 51.0 Å². The molecule has 4 aliphatic rings. The molecule has 0 amide bonds. The lowest BCUT2D eigenvalue weighted by molar-refractivity contribution is -0.974. The molecule has 70 valence electrons. The lowest BCUT2D eigenvalue weighted by atomic mass is 10.3. The van der Waals surface area contributed by atoms with E-state index in [1.165, 1.54) is 0 Å². The van der Waals surface area contributed by atoms with Gasteiger partial charge in [-0.1, -0.05) is 0 Å². The molecule has 4 nitrogen and oxygen atoms in total. The molecule has 0 N–H and O–H groups in total. The molecule has 4 bridgehead atoms. The van der Waals surface area contributed by atoms with Gasteiger partial charge in [0.1, 0.15) is 26.6 Å². The number of terminal acetylenes is 1. The molecule has 0 unspecified atom stereocenters. The predicted octanol–water partition coefficient (Wildman–Crippen LogP) is -0.872. The monoisotopic (exact) mass is 179 g/mol. The minimum absolute atomic E-state index is 0.878. The summed E-state index contributed by atoms with van der Waals surface area (Å²) in [5.41, 5.74) is 0. The maximum absolute atomic E-state index is 5.43. The fourth-order valence-corrected chi connectivity index (χ4v) is 3.00. The first-order chi connectivity index (χ1) is 6.30. The molecule has 0 aromatic heterocycles. The highest BCUT2D eigenvalue weighted by atomic mass is 15.7. The van der Waals surface area contributed by atoms with E-state index in [0.29, 0.717) is 0 Å². The van der Waals surface area contributed by atoms with Crippen LogP contribution in [0.5, 0.6) is 0 Å². The average Bonchev–Trinajstić information content (AvgIpc) is 2.00. The number of nitrogens with zero attached hydrogens (tertiary/aromatic N) is 4. The lowest BCUT2D eigenvalue weighted by Gasteiger charge is -2.60. The first kappa shape index (κ1) is 7.77. The van der Waals surface area contributed by atoms with Crippen LogP contribution in [0.15, 0.2) is 0 Å². The molecule has 0 aliphatic carbocycles. The largest absolute Gasteiger partial charge is 0.276 e. The summed E-state index contributed by atoms with van der Waals surface area (Å²) < 4.78 is 1.07. The van der Waals surface area contributed by atoms with E-state index in [1.54, 1.807) is 0 Å². The maximum atomic E-state index is 5.43. The summed E-state index contributed by atoms with van der Waals surface area (Å²) >= 11 is 0. The first-order valence-electron chi connectivity index (χ1n) is 4.75. The van der Waals surface area contributed by atoms with Gasteiger partial charge in [0.05, 0.1) is 20.0 Å². The summed E-state index contributed by atoms with van der Waals surface area (Å²) in [5.74, 6) is 2.82. The van der Waals surface area contributed by atoms with Crippen LogP contribution in [0.2, 0.25) is 0 Å². The van der Waals surface area contributed by atoms with Gasteiger partial charge >= 0.3 is 0 Å². The van der Waals surface area contributed by atoms with E-state index >= 15 is 0 Å². The number of hydrogen-bond acceptors (Lipinski definition) is 3. The molecule has 4 fully saturated rings. The van der Waals surface area contributed by atoms with Gasteiger partial charge < -0.3 is 0 Å². The molecule has 4 heterocycles. The molecule has 4 heteroatoms. The highest BCUT2D eigenvalue weighted by Gasteiger charge is 2.47. The highest BCUT2D eigenvalue weighted by molar-refractivity contribution is 4.86. The normalized spacial score (nSPS) is 52.1. The maximum Gasteiger partial charge on any atom is 0.143 e. The van der Waals surface area contributed by atoms with Crippen LogP contribution in [0.1, 0.15) is 0 Å². The second-order valence-corrected chi connectivity index (χ2v) is 4.56. The zero-order valence-corrected chi connectivity index (χ0v) is 7.82. The fraction of sp³-hybridized carbons (Fsp3) is 0.778. The Morgan fingerprint density at radius 1 is 1.00 bits per heavy atom. The van der Waals surface area contributed by atoms with E-state index in [4.69, 9.17) is 6.42 Å². The van der Waals surface area contributed by atoms with Crippen molar-refractivity contribution in [1.82, 2.24) is 14.7 Å². The first-order valence-corrected chi connectivity index (χ1v) is 4.75. The van der Waals surface area contributed by atoms with Crippen LogP contribution in [0, 0.1) is 12.3 Å². The Balaban J connectivity index is 1.88. The standard InChI is InChI=1S/C9H15N4/c1-2-3-13-7-10-4-11(8-13)6-12(5-10)9-13/h1H,3-9H2/q+1. The molecule has 0 aromatic carbocycles. The fourth-order valence-electron chi connectivity index (χ4n) is 3.00. The van der Waals surface area contributed by atoms with Crippen LogP contribution in [-0.4, -0.2) is 65.7 Å². The molecule has 13 heavy (non-hydrogen) atoms. The van der Waals surface area contributed by atoms with Gasteiger partial charge in [-0.2, -0.15) is 0 Å². The van der Waals surface area contributed by atoms with Gasteiger partial charge in [0.25, 0.3) is 0 Å². The van der Waals surface area contributed by atoms with E-state index in [-0.39, 0.29) is 0 Å². The third-order valence-electron chi connectivity index (χ3n) is 3.13. The third-order valence-corrected chi connectivity index (χ3v) is 3.13. The average molecular weight is 179 g/mol. The van der Waals surface area contributed by atoms with Gasteiger partial charge in [0.15, 0.2) is 0 Å². The van der Waals surface area contributed by atoms with Crippen molar-refractivity contribution < 1.29 is 4.48 Å². The van der Waals surface area contributed by atoms with Crippen molar-refractivity contribution in [2.45, 2.75) is 0 Å². The van der Waals surface area contributed by atoms with Crippen molar-refractivity contribution in [2.24, 2.45) is 0 Å². The molecule has 0 aromatic rings. The number of rotatable bonds is 1. The smallest absolute Gasteiger partial charge is 0.143 e. The summed E-state index contributed by atoms with van der Waals surface area (Å²) in [7, 11) is 0. The predicted molar refractivity (Wildman–Crippen MR) is 48.7 cm³/mol. The quantitative estimate of drug-likeness (QED) is 0.383. The van der Waals surface area contributed by atoms with Crippen LogP contribution >= 0.6 is 0 Å². The van der Waals surface area contributed by atoms with Crippen molar-refractivity contribution in [2.75, 3.05) is 46.6 Å². The zero-order chi connectivity index (χ0) is 8.89. The van der Waals surface area contributed by atoms with Crippen molar-refractivity contribution in [1.29, 1.82) is 0 Å². The third kappa shape index (κ3) is 1.09. The zero-order valence-electron chi connectivity index (χ0n) is 7.82. The van der Waals surface area contributed by atoms with E-state index in [2.05, 4.69) is 20.6 Å². The summed E-state index contributed by atoms with van der Waals surface area (Å²) in [6, 6.07) is 0. The summed E-state index contributed by atoms with van der Waals surface area (Å²) in [6.45, 7) is 7.75. The molecule has 4 saturated heterocycles. The molecular weight excluding hydrogens is 164 g/mol. The Morgan fingerprint density at radius 2 is 1.46 bits per heavy atom. The molecular formula is C9H15N4+. The summed E-state index contributed by atoms with van der Waals surface area (Å²) in [6.07, 6.45) is 5.43. The van der Waals surface area contributed by atoms with Crippen molar-refractivity contribution in [3.8, 4) is 12.3 Å². The van der Waals surface area contributed by atoms with Gasteiger partial charge in [-0.25, -0.2) is 14.7 Å². The number of quaternary nitrogens is 1. The Bertz CT molecular complexity index is 232. The molecule has 0 atom stereocenters. The Hall–Kier alpha value is -0.600. The topological polar surface area (TPSA) is 9.72 Å². The van der Waals surface area contributed by atoms with Crippen LogP contribution in [-0.2, 0) is 0 Å². The van der Waals surface area contributed by atoms with Gasteiger partial charge in [0.2, 0.25) is 0 Å². The summed E-state index contributed by atoms with van der Waals surface area (Å²) in [5, 5.41) is 0. The second kappa shape index (κ2) is 2.46. The molecule has 4 rings (SSSR count). The molecule has 0 radical (unpaired) electrons. The minimum atomic E-state index is 0.878. The Kier molecular flexibility index (Phi) is 1.47. The van der Waals surface area contributed by atoms with Crippen molar-refractivity contribution >= 4 is 0 Å². The SMILES string of the molecule is C#CC[N+]12CN3CN(CN(C3)C1)C2. The Morgan fingerprint density at radius 3 is 1.85 bits per heavy atom. The molecule has 4 aliphatic heterocycles. The molecule has 0 saturated carbocycles. The number of hydrogen-bond donors (Lipinski definition) is 0. The van der Waals surface area contributed by atoms with Gasteiger partial charge in [-0.3, -0.25) is 4.48 Å². The van der Waals surface area contributed by atoms with Crippen LogP contribution in [0.25, 0.3) is 0 Å². The van der Waals surface area contributed by atoms with Gasteiger partial charge in [0, 0.05) is 0 Å². The molecule has 0 spiro atoms.